The fourth-order valence-corrected chi connectivity index (χ4v) is 2.66. The third-order valence-corrected chi connectivity index (χ3v) is 3.86. The van der Waals surface area contributed by atoms with E-state index < -0.39 is 0 Å². The Labute approximate surface area is 147 Å². The predicted molar refractivity (Wildman–Crippen MR) is 99.4 cm³/mol. The van der Waals surface area contributed by atoms with Crippen molar-refractivity contribution in [1.29, 1.82) is 0 Å². The van der Waals surface area contributed by atoms with E-state index in [4.69, 9.17) is 4.42 Å². The van der Waals surface area contributed by atoms with Crippen LogP contribution >= 0.6 is 0 Å². The molecule has 1 heterocycles. The second kappa shape index (κ2) is 8.38. The highest BCUT2D eigenvalue weighted by atomic mass is 16.3. The Kier molecular flexibility index (Phi) is 6.23. The molecule has 0 amide bonds. The lowest BCUT2D eigenvalue weighted by atomic mass is 9.98. The summed E-state index contributed by atoms with van der Waals surface area (Å²) in [6.07, 6.45) is 2.59. The molecule has 0 radical (unpaired) electrons. The summed E-state index contributed by atoms with van der Waals surface area (Å²) in [5.74, 6) is 0.688. The van der Waals surface area contributed by atoms with Crippen molar-refractivity contribution >= 4 is 16.8 Å². The number of phenolic OH excluding ortho intramolecular Hbond substituents is 2. The van der Waals surface area contributed by atoms with Crippen LogP contribution in [0.25, 0.3) is 11.0 Å². The molecule has 132 valence electrons. The number of unbranched alkanes of at least 4 members (excludes halogenated alkanes) is 1. The van der Waals surface area contributed by atoms with Crippen LogP contribution in [0.3, 0.4) is 0 Å². The monoisotopic (exact) mass is 340 g/mol. The summed E-state index contributed by atoms with van der Waals surface area (Å²) in [5.41, 5.74) is 1.57. The maximum absolute atomic E-state index is 12.9. The van der Waals surface area contributed by atoms with Gasteiger partial charge < -0.3 is 14.6 Å². The smallest absolute Gasteiger partial charge is 0.197 e. The van der Waals surface area contributed by atoms with Crippen molar-refractivity contribution in [2.45, 2.75) is 40.0 Å². The summed E-state index contributed by atoms with van der Waals surface area (Å²) in [6, 6.07) is 10.9. The first-order valence-corrected chi connectivity index (χ1v) is 8.68. The summed E-state index contributed by atoms with van der Waals surface area (Å²) in [5, 5.41) is 19.7. The molecular weight excluding hydrogens is 316 g/mol. The van der Waals surface area contributed by atoms with Gasteiger partial charge in [0.1, 0.15) is 22.8 Å². The van der Waals surface area contributed by atoms with Gasteiger partial charge in [-0.1, -0.05) is 27.2 Å². The summed E-state index contributed by atoms with van der Waals surface area (Å²) in [6.45, 7) is 6.08. The average molecular weight is 340 g/mol. The topological polar surface area (TPSA) is 70.7 Å². The van der Waals surface area contributed by atoms with E-state index in [1.54, 1.807) is 30.3 Å². The molecule has 0 spiro atoms. The van der Waals surface area contributed by atoms with Gasteiger partial charge in [-0.05, 0) is 48.9 Å². The number of hydrogen-bond donors (Lipinski definition) is 2. The van der Waals surface area contributed by atoms with E-state index >= 15 is 0 Å². The highest BCUT2D eigenvalue weighted by Gasteiger charge is 2.22. The van der Waals surface area contributed by atoms with E-state index in [9.17, 15) is 15.0 Å². The normalized spacial score (nSPS) is 10.4. The minimum absolute atomic E-state index is 0.0973. The number of carbonyl (C=O) groups excluding carboxylic acids is 1. The highest BCUT2D eigenvalue weighted by Crippen LogP contribution is 2.32. The number of phenols is 2. The predicted octanol–water partition coefficient (Wildman–Crippen LogP) is 5.44. The second-order valence-electron chi connectivity index (χ2n) is 5.56. The van der Waals surface area contributed by atoms with Crippen molar-refractivity contribution < 1.29 is 19.4 Å². The number of ketones is 1. The fourth-order valence-electron chi connectivity index (χ4n) is 2.66. The molecule has 25 heavy (non-hydrogen) atoms. The summed E-state index contributed by atoms with van der Waals surface area (Å²) in [4.78, 5) is 12.9. The quantitative estimate of drug-likeness (QED) is 0.606. The number of benzene rings is 2. The van der Waals surface area contributed by atoms with Crippen molar-refractivity contribution in [1.82, 2.24) is 0 Å². The maximum atomic E-state index is 12.9. The molecule has 0 aliphatic carbocycles. The van der Waals surface area contributed by atoms with E-state index in [1.165, 1.54) is 12.1 Å². The lowest BCUT2D eigenvalue weighted by Gasteiger charge is -2.03. The minimum atomic E-state index is -0.166. The number of rotatable bonds is 5. The molecule has 2 aromatic carbocycles. The molecule has 0 aliphatic heterocycles. The van der Waals surface area contributed by atoms with Gasteiger partial charge in [0.05, 0.1) is 5.56 Å². The molecular formula is C21H24O4. The van der Waals surface area contributed by atoms with Crippen LogP contribution in [0.1, 0.15) is 55.3 Å². The van der Waals surface area contributed by atoms with Crippen LogP contribution < -0.4 is 0 Å². The van der Waals surface area contributed by atoms with E-state index in [-0.39, 0.29) is 17.3 Å². The van der Waals surface area contributed by atoms with Gasteiger partial charge in [0.15, 0.2) is 5.78 Å². The van der Waals surface area contributed by atoms with Crippen molar-refractivity contribution in [2.24, 2.45) is 0 Å². The van der Waals surface area contributed by atoms with Gasteiger partial charge in [0, 0.05) is 17.4 Å². The maximum Gasteiger partial charge on any atom is 0.197 e. The molecule has 0 saturated carbocycles. The minimum Gasteiger partial charge on any atom is -0.508 e. The van der Waals surface area contributed by atoms with Crippen molar-refractivity contribution in [2.75, 3.05) is 0 Å². The van der Waals surface area contributed by atoms with Gasteiger partial charge in [-0.15, -0.1) is 0 Å². The zero-order valence-corrected chi connectivity index (χ0v) is 14.9. The Bertz CT molecular complexity index is 844. The Morgan fingerprint density at radius 3 is 2.28 bits per heavy atom. The lowest BCUT2D eigenvalue weighted by Crippen LogP contribution is -2.03. The molecule has 4 heteroatoms. The molecule has 0 bridgehead atoms. The zero-order chi connectivity index (χ0) is 18.4. The Balaban J connectivity index is 0.00000109. The Hall–Kier alpha value is -2.75. The van der Waals surface area contributed by atoms with Crippen LogP contribution in [0.4, 0.5) is 0 Å². The number of furan rings is 1. The average Bonchev–Trinajstić information content (AvgIpc) is 2.99. The summed E-state index contributed by atoms with van der Waals surface area (Å²) < 4.78 is 5.84. The number of carbonyl (C=O) groups is 1. The van der Waals surface area contributed by atoms with E-state index in [0.29, 0.717) is 34.3 Å². The standard InChI is InChI=1S/C19H18O4.C2H6/c1-2-3-4-17-18(15-11-14(21)9-10-16(15)23-17)19(22)12-5-7-13(20)8-6-12;1-2/h5-11,20-21H,2-4H2,1H3;1-2H3. The van der Waals surface area contributed by atoms with Crippen molar-refractivity contribution in [3.05, 3.63) is 59.4 Å². The Morgan fingerprint density at radius 2 is 1.64 bits per heavy atom. The summed E-state index contributed by atoms with van der Waals surface area (Å²) >= 11 is 0. The SMILES string of the molecule is CC.CCCCc1oc2ccc(O)cc2c1C(=O)c1ccc(O)cc1. The molecule has 4 nitrogen and oxygen atoms in total. The molecule has 0 unspecified atom stereocenters. The molecule has 2 N–H and O–H groups in total. The molecule has 3 aromatic rings. The first-order chi connectivity index (χ1) is 12.1. The van der Waals surface area contributed by atoms with Crippen LogP contribution in [0.15, 0.2) is 46.9 Å². The lowest BCUT2D eigenvalue weighted by molar-refractivity contribution is 0.103. The van der Waals surface area contributed by atoms with Crippen LogP contribution in [0, 0.1) is 0 Å². The third kappa shape index (κ3) is 4.02. The molecule has 0 atom stereocenters. The molecule has 0 aliphatic rings. The van der Waals surface area contributed by atoms with E-state index in [2.05, 4.69) is 6.92 Å². The van der Waals surface area contributed by atoms with Crippen LogP contribution in [0.5, 0.6) is 11.5 Å². The number of hydrogen-bond acceptors (Lipinski definition) is 4. The molecule has 1 aromatic heterocycles. The van der Waals surface area contributed by atoms with Gasteiger partial charge in [-0.3, -0.25) is 4.79 Å². The van der Waals surface area contributed by atoms with Gasteiger partial charge in [0.25, 0.3) is 0 Å². The third-order valence-electron chi connectivity index (χ3n) is 3.86. The number of aryl methyl sites for hydroxylation is 1. The number of fused-ring (bicyclic) bond motifs is 1. The first-order valence-electron chi connectivity index (χ1n) is 8.68. The van der Waals surface area contributed by atoms with E-state index in [1.807, 2.05) is 13.8 Å². The Morgan fingerprint density at radius 1 is 1.00 bits per heavy atom. The second-order valence-corrected chi connectivity index (χ2v) is 5.56. The zero-order valence-electron chi connectivity index (χ0n) is 14.9. The van der Waals surface area contributed by atoms with Crippen LogP contribution in [-0.4, -0.2) is 16.0 Å². The molecule has 3 rings (SSSR count). The molecule has 0 fully saturated rings. The van der Waals surface area contributed by atoms with Gasteiger partial charge in [-0.2, -0.15) is 0 Å². The van der Waals surface area contributed by atoms with Crippen molar-refractivity contribution in [3.63, 3.8) is 0 Å². The van der Waals surface area contributed by atoms with Gasteiger partial charge in [-0.25, -0.2) is 0 Å². The largest absolute Gasteiger partial charge is 0.508 e. The summed E-state index contributed by atoms with van der Waals surface area (Å²) in [7, 11) is 0. The first kappa shape index (κ1) is 18.6. The highest BCUT2D eigenvalue weighted by molar-refractivity contribution is 6.17. The van der Waals surface area contributed by atoms with Gasteiger partial charge in [0.2, 0.25) is 0 Å². The van der Waals surface area contributed by atoms with Crippen molar-refractivity contribution in [3.8, 4) is 11.5 Å². The van der Waals surface area contributed by atoms with Crippen LogP contribution in [-0.2, 0) is 6.42 Å². The van der Waals surface area contributed by atoms with E-state index in [0.717, 1.165) is 12.8 Å². The fraction of sp³-hybridized carbons (Fsp3) is 0.286. The van der Waals surface area contributed by atoms with Crippen LogP contribution in [0.2, 0.25) is 0 Å². The van der Waals surface area contributed by atoms with Gasteiger partial charge >= 0.3 is 0 Å². The molecule has 0 saturated heterocycles. The number of aromatic hydroxyl groups is 2.